The van der Waals surface area contributed by atoms with Gasteiger partial charge in [-0.25, -0.2) is 4.79 Å². The molecule has 3 rings (SSSR count). The molecule has 0 amide bonds. The second-order valence-electron chi connectivity index (χ2n) is 6.00. The monoisotopic (exact) mass is 388 g/mol. The van der Waals surface area contributed by atoms with Gasteiger partial charge in [0.1, 0.15) is 12.4 Å². The normalized spacial score (nSPS) is 14.3. The molecule has 0 aliphatic carbocycles. The standard InChI is InChI=1S/C20H24N2O6/c1-3-26-19-12-15(13-21-22-8-10-25-11-9-22)4-6-17(19)27-14-16-5-7-18(28-16)20(23)24-2/h4-7,12-13H,3,8-11,14H2,1-2H3/b21-13-. The molecular weight excluding hydrogens is 364 g/mol. The molecular formula is C20H24N2O6. The molecule has 1 aliphatic heterocycles. The first kappa shape index (κ1) is 19.8. The Bertz CT molecular complexity index is 811. The van der Waals surface area contributed by atoms with Crippen molar-refractivity contribution in [1.29, 1.82) is 0 Å². The Labute approximate surface area is 163 Å². The highest BCUT2D eigenvalue weighted by molar-refractivity contribution is 5.86. The Morgan fingerprint density at radius 1 is 1.18 bits per heavy atom. The quantitative estimate of drug-likeness (QED) is 0.508. The molecule has 1 aromatic carbocycles. The predicted octanol–water partition coefficient (Wildman–Crippen LogP) is 2.71. The van der Waals surface area contributed by atoms with E-state index < -0.39 is 5.97 Å². The zero-order valence-corrected chi connectivity index (χ0v) is 16.1. The number of furan rings is 1. The summed E-state index contributed by atoms with van der Waals surface area (Å²) in [6, 6.07) is 8.85. The third-order valence-corrected chi connectivity index (χ3v) is 4.04. The minimum Gasteiger partial charge on any atom is -0.490 e. The molecule has 1 saturated heterocycles. The second-order valence-corrected chi connectivity index (χ2v) is 6.00. The molecule has 150 valence electrons. The van der Waals surface area contributed by atoms with Gasteiger partial charge in [0.05, 0.1) is 46.2 Å². The Morgan fingerprint density at radius 2 is 2.00 bits per heavy atom. The number of hydrogen-bond donors (Lipinski definition) is 0. The number of ether oxygens (including phenoxy) is 4. The summed E-state index contributed by atoms with van der Waals surface area (Å²) in [4.78, 5) is 11.5. The molecule has 0 spiro atoms. The number of rotatable bonds is 8. The fourth-order valence-corrected chi connectivity index (χ4v) is 2.62. The van der Waals surface area contributed by atoms with Gasteiger partial charge in [-0.2, -0.15) is 5.10 Å². The first-order valence-corrected chi connectivity index (χ1v) is 9.13. The van der Waals surface area contributed by atoms with Crippen molar-refractivity contribution < 1.29 is 28.2 Å². The van der Waals surface area contributed by atoms with Crippen LogP contribution in [-0.2, 0) is 16.1 Å². The highest BCUT2D eigenvalue weighted by Gasteiger charge is 2.13. The van der Waals surface area contributed by atoms with Crippen LogP contribution in [0.25, 0.3) is 0 Å². The number of carbonyl (C=O) groups excluding carboxylic acids is 1. The van der Waals surface area contributed by atoms with E-state index in [1.54, 1.807) is 18.3 Å². The van der Waals surface area contributed by atoms with Gasteiger partial charge in [0.15, 0.2) is 11.5 Å². The first-order chi connectivity index (χ1) is 13.7. The molecule has 0 unspecified atom stereocenters. The van der Waals surface area contributed by atoms with Gasteiger partial charge >= 0.3 is 5.97 Å². The Morgan fingerprint density at radius 3 is 2.75 bits per heavy atom. The average Bonchev–Trinajstić information content (AvgIpc) is 3.21. The van der Waals surface area contributed by atoms with Gasteiger partial charge in [0, 0.05) is 0 Å². The van der Waals surface area contributed by atoms with Crippen LogP contribution in [0.4, 0.5) is 0 Å². The van der Waals surface area contributed by atoms with E-state index in [0.717, 1.165) is 18.7 Å². The highest BCUT2D eigenvalue weighted by Crippen LogP contribution is 2.29. The lowest BCUT2D eigenvalue weighted by molar-refractivity contribution is 0.0397. The second kappa shape index (κ2) is 9.80. The Hall–Kier alpha value is -3.00. The fourth-order valence-electron chi connectivity index (χ4n) is 2.62. The number of methoxy groups -OCH3 is 1. The van der Waals surface area contributed by atoms with Gasteiger partial charge in [-0.05, 0) is 42.8 Å². The average molecular weight is 388 g/mol. The molecule has 0 bridgehead atoms. The molecule has 0 N–H and O–H groups in total. The predicted molar refractivity (Wildman–Crippen MR) is 102 cm³/mol. The van der Waals surface area contributed by atoms with Crippen molar-refractivity contribution in [2.75, 3.05) is 40.0 Å². The topological polar surface area (TPSA) is 82.7 Å². The van der Waals surface area contributed by atoms with Crippen LogP contribution in [0.3, 0.4) is 0 Å². The molecule has 1 fully saturated rings. The lowest BCUT2D eigenvalue weighted by Crippen LogP contribution is -2.32. The van der Waals surface area contributed by atoms with E-state index in [-0.39, 0.29) is 12.4 Å². The summed E-state index contributed by atoms with van der Waals surface area (Å²) in [6.45, 7) is 5.54. The number of hydrogen-bond acceptors (Lipinski definition) is 8. The number of nitrogens with zero attached hydrogens (tertiary/aromatic N) is 2. The Kier molecular flexibility index (Phi) is 6.91. The van der Waals surface area contributed by atoms with E-state index in [0.29, 0.717) is 37.1 Å². The number of hydrazone groups is 1. The molecule has 8 heteroatoms. The molecule has 2 heterocycles. The summed E-state index contributed by atoms with van der Waals surface area (Å²) in [5.41, 5.74) is 0.910. The van der Waals surface area contributed by atoms with Gasteiger partial charge in [-0.15, -0.1) is 0 Å². The van der Waals surface area contributed by atoms with E-state index in [1.165, 1.54) is 7.11 Å². The van der Waals surface area contributed by atoms with E-state index in [1.807, 2.05) is 30.1 Å². The van der Waals surface area contributed by atoms with Crippen LogP contribution in [0.1, 0.15) is 28.8 Å². The third-order valence-electron chi connectivity index (χ3n) is 4.04. The highest BCUT2D eigenvalue weighted by atomic mass is 16.5. The van der Waals surface area contributed by atoms with Crippen molar-refractivity contribution in [1.82, 2.24) is 5.01 Å². The zero-order chi connectivity index (χ0) is 19.8. The van der Waals surface area contributed by atoms with Crippen LogP contribution in [0, 0.1) is 0 Å². The smallest absolute Gasteiger partial charge is 0.373 e. The molecule has 0 saturated carbocycles. The number of benzene rings is 1. The molecule has 0 radical (unpaired) electrons. The van der Waals surface area contributed by atoms with E-state index >= 15 is 0 Å². The summed E-state index contributed by atoms with van der Waals surface area (Å²) in [6.07, 6.45) is 1.80. The lowest BCUT2D eigenvalue weighted by atomic mass is 10.2. The Balaban J connectivity index is 1.65. The summed E-state index contributed by atoms with van der Waals surface area (Å²) >= 11 is 0. The van der Waals surface area contributed by atoms with E-state index in [4.69, 9.17) is 18.6 Å². The summed E-state index contributed by atoms with van der Waals surface area (Å²) in [5, 5.41) is 6.45. The van der Waals surface area contributed by atoms with Crippen molar-refractivity contribution in [2.24, 2.45) is 5.10 Å². The largest absolute Gasteiger partial charge is 0.490 e. The van der Waals surface area contributed by atoms with Crippen molar-refractivity contribution in [3.63, 3.8) is 0 Å². The maximum absolute atomic E-state index is 11.5. The van der Waals surface area contributed by atoms with Crippen molar-refractivity contribution in [3.05, 3.63) is 47.4 Å². The maximum atomic E-state index is 11.5. The van der Waals surface area contributed by atoms with Crippen LogP contribution in [0.15, 0.2) is 39.9 Å². The maximum Gasteiger partial charge on any atom is 0.373 e. The van der Waals surface area contributed by atoms with Crippen LogP contribution >= 0.6 is 0 Å². The lowest BCUT2D eigenvalue weighted by Gasteiger charge is -2.23. The van der Waals surface area contributed by atoms with Gasteiger partial charge < -0.3 is 23.4 Å². The van der Waals surface area contributed by atoms with E-state index in [2.05, 4.69) is 9.84 Å². The van der Waals surface area contributed by atoms with Crippen LogP contribution in [0.2, 0.25) is 0 Å². The minimum atomic E-state index is -0.523. The number of carbonyl (C=O) groups is 1. The molecule has 28 heavy (non-hydrogen) atoms. The molecule has 1 aromatic heterocycles. The fraction of sp³-hybridized carbons (Fsp3) is 0.400. The third kappa shape index (κ3) is 5.26. The molecule has 8 nitrogen and oxygen atoms in total. The van der Waals surface area contributed by atoms with Gasteiger partial charge in [0.25, 0.3) is 0 Å². The summed E-state index contributed by atoms with van der Waals surface area (Å²) < 4.78 is 26.9. The van der Waals surface area contributed by atoms with Gasteiger partial charge in [-0.3, -0.25) is 5.01 Å². The molecule has 2 aromatic rings. The van der Waals surface area contributed by atoms with Crippen LogP contribution in [0.5, 0.6) is 11.5 Å². The van der Waals surface area contributed by atoms with E-state index in [9.17, 15) is 4.79 Å². The number of morpholine rings is 1. The SMILES string of the molecule is CCOc1cc(/C=N\N2CCOCC2)ccc1OCc1ccc(C(=O)OC)o1. The van der Waals surface area contributed by atoms with Crippen LogP contribution < -0.4 is 9.47 Å². The van der Waals surface area contributed by atoms with Crippen molar-refractivity contribution in [2.45, 2.75) is 13.5 Å². The van der Waals surface area contributed by atoms with Gasteiger partial charge in [0.2, 0.25) is 5.76 Å². The van der Waals surface area contributed by atoms with Gasteiger partial charge in [-0.1, -0.05) is 0 Å². The minimum absolute atomic E-state index is 0.140. The first-order valence-electron chi connectivity index (χ1n) is 9.13. The zero-order valence-electron chi connectivity index (χ0n) is 16.1. The number of esters is 1. The van der Waals surface area contributed by atoms with Crippen molar-refractivity contribution >= 4 is 12.2 Å². The van der Waals surface area contributed by atoms with Crippen LogP contribution in [-0.4, -0.2) is 57.2 Å². The molecule has 1 aliphatic rings. The molecule has 0 atom stereocenters. The summed E-state index contributed by atoms with van der Waals surface area (Å²) in [5.74, 6) is 1.33. The summed E-state index contributed by atoms with van der Waals surface area (Å²) in [7, 11) is 1.30. The van der Waals surface area contributed by atoms with Crippen molar-refractivity contribution in [3.8, 4) is 11.5 Å².